The van der Waals surface area contributed by atoms with Gasteiger partial charge in [0.1, 0.15) is 0 Å². The quantitative estimate of drug-likeness (QED) is 0.0469. The molecule has 0 bridgehead atoms. The standard InChI is InChI=1S/C18H39N.C12H27N.C10H23N.C8H19N/c1-2-3-4-5-6-7-8-9-10-11-12-13-14-15-16-17-18-19;1-2-3-4-5-6-7-8-9-10-11-12-13;1-2-3-4-5-6-7-8-9-10-11;1-2-3-4-5-6-7-8-9/h2-19H2,1H3;2-13H2,1H3;2-11H2,1H3;2-9H2,1H3. The van der Waals surface area contributed by atoms with Crippen LogP contribution in [0.25, 0.3) is 0 Å². The first-order valence-electron chi connectivity index (χ1n) is 24.5. The van der Waals surface area contributed by atoms with Crippen LogP contribution in [0, 0.1) is 0 Å². The van der Waals surface area contributed by atoms with E-state index in [0.717, 1.165) is 26.2 Å². The van der Waals surface area contributed by atoms with Crippen LogP contribution in [0.15, 0.2) is 0 Å². The van der Waals surface area contributed by atoms with Crippen molar-refractivity contribution in [1.29, 1.82) is 0 Å². The van der Waals surface area contributed by atoms with Crippen LogP contribution in [0.3, 0.4) is 0 Å². The summed E-state index contributed by atoms with van der Waals surface area (Å²) in [7, 11) is 0. The van der Waals surface area contributed by atoms with Crippen LogP contribution in [-0.2, 0) is 0 Å². The summed E-state index contributed by atoms with van der Waals surface area (Å²) in [6, 6.07) is 0. The smallest absolute Gasteiger partial charge is 0.00773 e. The molecular weight excluding hydrogens is 633 g/mol. The molecule has 8 N–H and O–H groups in total. The van der Waals surface area contributed by atoms with E-state index >= 15 is 0 Å². The van der Waals surface area contributed by atoms with Crippen molar-refractivity contribution in [3.05, 3.63) is 0 Å². The summed E-state index contributed by atoms with van der Waals surface area (Å²) < 4.78 is 0. The van der Waals surface area contributed by atoms with Crippen LogP contribution in [0.4, 0.5) is 0 Å². The minimum absolute atomic E-state index is 0.867. The predicted molar refractivity (Wildman–Crippen MR) is 244 cm³/mol. The van der Waals surface area contributed by atoms with Crippen LogP contribution in [-0.4, -0.2) is 26.2 Å². The zero-order chi connectivity index (χ0) is 39.1. The van der Waals surface area contributed by atoms with Gasteiger partial charge < -0.3 is 22.9 Å². The van der Waals surface area contributed by atoms with E-state index in [9.17, 15) is 0 Å². The zero-order valence-corrected chi connectivity index (χ0v) is 37.4. The molecule has 0 aromatic carbocycles. The Hall–Kier alpha value is -0.160. The Bertz CT molecular complexity index is 461. The van der Waals surface area contributed by atoms with Crippen molar-refractivity contribution < 1.29 is 0 Å². The van der Waals surface area contributed by atoms with Gasteiger partial charge in [0.05, 0.1) is 0 Å². The third kappa shape index (κ3) is 74.9. The molecule has 0 heterocycles. The summed E-state index contributed by atoms with van der Waals surface area (Å²) in [5.41, 5.74) is 21.6. The molecule has 0 radical (unpaired) electrons. The van der Waals surface area contributed by atoms with Gasteiger partial charge in [0.15, 0.2) is 0 Å². The second-order valence-corrected chi connectivity index (χ2v) is 15.9. The molecule has 0 saturated heterocycles. The van der Waals surface area contributed by atoms with Crippen molar-refractivity contribution in [2.45, 2.75) is 285 Å². The van der Waals surface area contributed by atoms with Gasteiger partial charge in [-0.2, -0.15) is 0 Å². The highest BCUT2D eigenvalue weighted by molar-refractivity contribution is 4.51. The Labute approximate surface area is 332 Å². The lowest BCUT2D eigenvalue weighted by Crippen LogP contribution is -1.97. The third-order valence-corrected chi connectivity index (χ3v) is 10.2. The second-order valence-electron chi connectivity index (χ2n) is 15.9. The predicted octanol–water partition coefficient (Wildman–Crippen LogP) is 15.5. The Morgan fingerprint density at radius 3 is 0.346 bits per heavy atom. The van der Waals surface area contributed by atoms with Crippen molar-refractivity contribution in [1.82, 2.24) is 0 Å². The van der Waals surface area contributed by atoms with Crippen LogP contribution in [0.1, 0.15) is 285 Å². The van der Waals surface area contributed by atoms with Gasteiger partial charge in [-0.1, -0.05) is 259 Å². The molecule has 0 atom stereocenters. The lowest BCUT2D eigenvalue weighted by molar-refractivity contribution is 0.530. The van der Waals surface area contributed by atoms with E-state index in [1.165, 1.54) is 257 Å². The van der Waals surface area contributed by atoms with Crippen molar-refractivity contribution in [3.63, 3.8) is 0 Å². The maximum absolute atomic E-state index is 5.48. The van der Waals surface area contributed by atoms with Gasteiger partial charge in [-0.3, -0.25) is 0 Å². The molecule has 0 aliphatic carbocycles. The van der Waals surface area contributed by atoms with Crippen molar-refractivity contribution in [3.8, 4) is 0 Å². The maximum atomic E-state index is 5.48. The highest BCUT2D eigenvalue weighted by Crippen LogP contribution is 2.14. The molecule has 4 heteroatoms. The van der Waals surface area contributed by atoms with Gasteiger partial charge in [0.2, 0.25) is 0 Å². The first-order chi connectivity index (χ1) is 25.7. The molecule has 0 aliphatic rings. The Kier molecular flexibility index (Phi) is 74.0. The van der Waals surface area contributed by atoms with Crippen LogP contribution in [0.2, 0.25) is 0 Å². The van der Waals surface area contributed by atoms with Crippen LogP contribution < -0.4 is 22.9 Å². The van der Waals surface area contributed by atoms with E-state index < -0.39 is 0 Å². The average Bonchev–Trinajstić information content (AvgIpc) is 3.16. The first-order valence-corrected chi connectivity index (χ1v) is 24.5. The average molecular weight is 741 g/mol. The Morgan fingerprint density at radius 1 is 0.154 bits per heavy atom. The van der Waals surface area contributed by atoms with Gasteiger partial charge in [-0.05, 0) is 51.9 Å². The zero-order valence-electron chi connectivity index (χ0n) is 37.4. The molecule has 0 unspecified atom stereocenters. The van der Waals surface area contributed by atoms with Crippen LogP contribution in [0.5, 0.6) is 0 Å². The van der Waals surface area contributed by atoms with Gasteiger partial charge >= 0.3 is 0 Å². The molecule has 0 aromatic rings. The molecule has 0 rings (SSSR count). The van der Waals surface area contributed by atoms with E-state index in [1.54, 1.807) is 0 Å². The summed E-state index contributed by atoms with van der Waals surface area (Å²) in [6.07, 6.45) is 55.8. The summed E-state index contributed by atoms with van der Waals surface area (Å²) >= 11 is 0. The topological polar surface area (TPSA) is 104 Å². The van der Waals surface area contributed by atoms with Crippen LogP contribution >= 0.6 is 0 Å². The van der Waals surface area contributed by atoms with Crippen molar-refractivity contribution >= 4 is 0 Å². The molecule has 320 valence electrons. The molecule has 0 saturated carbocycles. The van der Waals surface area contributed by atoms with E-state index in [2.05, 4.69) is 27.7 Å². The highest BCUT2D eigenvalue weighted by Gasteiger charge is 1.95. The largest absolute Gasteiger partial charge is 0.330 e. The normalized spacial score (nSPS) is 10.6. The number of unbranched alkanes of at least 4 members (excludes halogenated alkanes) is 36. The highest BCUT2D eigenvalue weighted by atomic mass is 14.5. The molecular formula is C48H108N4. The molecule has 0 amide bonds. The number of hydrogen-bond acceptors (Lipinski definition) is 4. The van der Waals surface area contributed by atoms with Crippen molar-refractivity contribution in [2.75, 3.05) is 26.2 Å². The van der Waals surface area contributed by atoms with Gasteiger partial charge in [-0.25, -0.2) is 0 Å². The lowest BCUT2D eigenvalue weighted by Gasteiger charge is -2.03. The van der Waals surface area contributed by atoms with E-state index in [0.29, 0.717) is 0 Å². The first kappa shape index (κ1) is 58.5. The minimum Gasteiger partial charge on any atom is -0.330 e. The van der Waals surface area contributed by atoms with E-state index in [1.807, 2.05) is 0 Å². The Balaban J connectivity index is -0.000000308. The summed E-state index contributed by atoms with van der Waals surface area (Å²) in [5, 5.41) is 0. The van der Waals surface area contributed by atoms with E-state index in [-0.39, 0.29) is 0 Å². The fourth-order valence-corrected chi connectivity index (χ4v) is 6.53. The van der Waals surface area contributed by atoms with E-state index in [4.69, 9.17) is 22.9 Å². The third-order valence-electron chi connectivity index (χ3n) is 10.2. The Morgan fingerprint density at radius 2 is 0.250 bits per heavy atom. The second kappa shape index (κ2) is 65.7. The van der Waals surface area contributed by atoms with Gasteiger partial charge in [0, 0.05) is 0 Å². The number of hydrogen-bond donors (Lipinski definition) is 4. The molecule has 52 heavy (non-hydrogen) atoms. The SMILES string of the molecule is CCCCCCCCCCCCCCCCCCN.CCCCCCCCCCCCN.CCCCCCCCCCN.CCCCCCCCN. The fraction of sp³-hybridized carbons (Fsp3) is 1.00. The van der Waals surface area contributed by atoms with Crippen molar-refractivity contribution in [2.24, 2.45) is 22.9 Å². The fourth-order valence-electron chi connectivity index (χ4n) is 6.53. The lowest BCUT2D eigenvalue weighted by atomic mass is 10.0. The summed E-state index contributed by atoms with van der Waals surface area (Å²) in [5.74, 6) is 0. The molecule has 0 spiro atoms. The van der Waals surface area contributed by atoms with Gasteiger partial charge in [0.25, 0.3) is 0 Å². The monoisotopic (exact) mass is 741 g/mol. The number of nitrogens with two attached hydrogens (primary N) is 4. The summed E-state index contributed by atoms with van der Waals surface area (Å²) in [4.78, 5) is 0. The molecule has 0 aromatic heterocycles. The molecule has 0 fully saturated rings. The molecule has 0 aliphatic heterocycles. The molecule has 4 nitrogen and oxygen atoms in total. The maximum Gasteiger partial charge on any atom is -0.00773 e. The van der Waals surface area contributed by atoms with Gasteiger partial charge in [-0.15, -0.1) is 0 Å². The summed E-state index contributed by atoms with van der Waals surface area (Å²) in [6.45, 7) is 12.5. The number of rotatable bonds is 40. The minimum atomic E-state index is 0.867.